The van der Waals surface area contributed by atoms with E-state index >= 15 is 0 Å². The van der Waals surface area contributed by atoms with Crippen molar-refractivity contribution in [1.29, 1.82) is 0 Å². The normalized spacial score (nSPS) is 20.2. The van der Waals surface area contributed by atoms with Crippen molar-refractivity contribution in [3.8, 4) is 0 Å². The first-order valence-corrected chi connectivity index (χ1v) is 30.6. The van der Waals surface area contributed by atoms with Crippen molar-refractivity contribution in [2.24, 2.45) is 0 Å². The monoisotopic (exact) mass is 1010 g/mol. The standard InChI is InChI=1S/C60H117NO10/c1-3-5-7-9-11-13-15-17-19-21-23-24-25-26-27-28-30-32-34-36-38-40-42-44-46-48-53(64)59(69)61-51(50-70-60-58(68)57(67)56(66)54(49-62)71-60)55(65)52(63)47-45-43-41-39-37-35-33-31-29-22-20-18-16-14-12-10-8-6-4-2/h26-27,51-58,60,62-68H,3-25,28-50H2,1-2H3,(H,61,69)/b27-26-. The quantitative estimate of drug-likeness (QED) is 0.0215. The third kappa shape index (κ3) is 38.1. The molecule has 1 amide bonds. The highest BCUT2D eigenvalue weighted by Gasteiger charge is 2.44. The molecule has 1 aliphatic rings. The van der Waals surface area contributed by atoms with Crippen molar-refractivity contribution in [1.82, 2.24) is 5.32 Å². The fourth-order valence-electron chi connectivity index (χ4n) is 10.1. The number of ether oxygens (including phenoxy) is 2. The Labute approximate surface area is 436 Å². The van der Waals surface area contributed by atoms with E-state index in [1.54, 1.807) is 0 Å². The number of amides is 1. The van der Waals surface area contributed by atoms with E-state index in [4.69, 9.17) is 9.47 Å². The molecule has 11 heteroatoms. The van der Waals surface area contributed by atoms with Crippen LogP contribution in [0.5, 0.6) is 0 Å². The summed E-state index contributed by atoms with van der Waals surface area (Å²) in [5.74, 6) is -0.693. The Morgan fingerprint density at radius 1 is 0.479 bits per heavy atom. The molecule has 1 fully saturated rings. The van der Waals surface area contributed by atoms with E-state index in [9.17, 15) is 40.5 Å². The lowest BCUT2D eigenvalue weighted by Crippen LogP contribution is -2.60. The molecule has 9 atom stereocenters. The van der Waals surface area contributed by atoms with E-state index < -0.39 is 74.2 Å². The number of hydrogen-bond acceptors (Lipinski definition) is 10. The van der Waals surface area contributed by atoms with Gasteiger partial charge in [0.25, 0.3) is 0 Å². The Kier molecular flexibility index (Phi) is 47.5. The fourth-order valence-corrected chi connectivity index (χ4v) is 10.1. The molecule has 0 aromatic carbocycles. The van der Waals surface area contributed by atoms with Crippen molar-refractivity contribution in [2.45, 2.75) is 351 Å². The minimum absolute atomic E-state index is 0.261. The van der Waals surface area contributed by atoms with E-state index in [0.29, 0.717) is 19.3 Å². The maximum Gasteiger partial charge on any atom is 0.249 e. The smallest absolute Gasteiger partial charge is 0.249 e. The molecule has 9 unspecified atom stereocenters. The second-order valence-electron chi connectivity index (χ2n) is 21.8. The van der Waals surface area contributed by atoms with Gasteiger partial charge in [-0.05, 0) is 38.5 Å². The molecule has 0 aromatic rings. The van der Waals surface area contributed by atoms with Gasteiger partial charge in [0.2, 0.25) is 5.91 Å². The maximum absolute atomic E-state index is 13.2. The lowest BCUT2D eigenvalue weighted by Gasteiger charge is -2.40. The van der Waals surface area contributed by atoms with E-state index in [2.05, 4.69) is 31.3 Å². The van der Waals surface area contributed by atoms with Gasteiger partial charge in [-0.3, -0.25) is 4.79 Å². The summed E-state index contributed by atoms with van der Waals surface area (Å²) in [4.78, 5) is 13.2. The van der Waals surface area contributed by atoms with Crippen LogP contribution in [0.3, 0.4) is 0 Å². The zero-order valence-corrected chi connectivity index (χ0v) is 46.2. The summed E-state index contributed by atoms with van der Waals surface area (Å²) in [6.07, 6.45) is 46.9. The van der Waals surface area contributed by atoms with Gasteiger partial charge in [-0.2, -0.15) is 0 Å². The predicted octanol–water partition coefficient (Wildman–Crippen LogP) is 13.1. The van der Waals surface area contributed by atoms with Crippen LogP contribution in [0.15, 0.2) is 12.2 Å². The Hall–Kier alpha value is -1.15. The molecule has 0 spiro atoms. The summed E-state index contributed by atoms with van der Waals surface area (Å²) >= 11 is 0. The number of unbranched alkanes of at least 4 members (excludes halogenated alkanes) is 39. The molecule has 0 radical (unpaired) electrons. The van der Waals surface area contributed by atoms with Gasteiger partial charge in [-0.25, -0.2) is 0 Å². The van der Waals surface area contributed by atoms with Gasteiger partial charge < -0.3 is 50.5 Å². The third-order valence-corrected chi connectivity index (χ3v) is 15.1. The summed E-state index contributed by atoms with van der Waals surface area (Å²) in [6, 6.07) is -1.17. The van der Waals surface area contributed by atoms with Crippen molar-refractivity contribution in [2.75, 3.05) is 13.2 Å². The summed E-state index contributed by atoms with van der Waals surface area (Å²) in [5.41, 5.74) is 0. The third-order valence-electron chi connectivity index (χ3n) is 15.1. The van der Waals surface area contributed by atoms with Gasteiger partial charge >= 0.3 is 0 Å². The largest absolute Gasteiger partial charge is 0.394 e. The van der Waals surface area contributed by atoms with Crippen LogP contribution in [0.1, 0.15) is 296 Å². The molecule has 1 saturated heterocycles. The number of rotatable bonds is 53. The van der Waals surface area contributed by atoms with E-state index in [0.717, 1.165) is 38.5 Å². The highest BCUT2D eigenvalue weighted by atomic mass is 16.7. The molecular formula is C60H117NO10. The van der Waals surface area contributed by atoms with Gasteiger partial charge in [0.05, 0.1) is 25.4 Å². The minimum Gasteiger partial charge on any atom is -0.394 e. The number of allylic oxidation sites excluding steroid dienone is 2. The topological polar surface area (TPSA) is 189 Å². The fraction of sp³-hybridized carbons (Fsp3) is 0.950. The maximum atomic E-state index is 13.2. The number of carbonyl (C=O) groups excluding carboxylic acids is 1. The molecular weight excluding hydrogens is 895 g/mol. The molecule has 422 valence electrons. The van der Waals surface area contributed by atoms with Crippen LogP contribution in [-0.2, 0) is 14.3 Å². The Bertz CT molecular complexity index is 1160. The van der Waals surface area contributed by atoms with Gasteiger partial charge in [0.1, 0.15) is 36.6 Å². The van der Waals surface area contributed by atoms with Gasteiger partial charge in [0, 0.05) is 0 Å². The molecule has 8 N–H and O–H groups in total. The molecule has 0 saturated carbocycles. The number of hydrogen-bond donors (Lipinski definition) is 8. The number of nitrogens with one attached hydrogen (secondary N) is 1. The zero-order valence-electron chi connectivity index (χ0n) is 46.2. The first-order chi connectivity index (χ1) is 34.7. The molecule has 71 heavy (non-hydrogen) atoms. The highest BCUT2D eigenvalue weighted by Crippen LogP contribution is 2.24. The predicted molar refractivity (Wildman–Crippen MR) is 293 cm³/mol. The molecule has 11 nitrogen and oxygen atoms in total. The molecule has 0 bridgehead atoms. The van der Waals surface area contributed by atoms with Crippen molar-refractivity contribution >= 4 is 5.91 Å². The summed E-state index contributed by atoms with van der Waals surface area (Å²) in [5, 5.41) is 76.3. The van der Waals surface area contributed by atoms with Crippen LogP contribution in [0.25, 0.3) is 0 Å². The SMILES string of the molecule is CCCCCCCCCCCCCC/C=C\CCCCCCCCCCCC(O)C(=O)NC(COC1OC(CO)C(O)C(O)C1O)C(O)C(O)CCCCCCCCCCCCCCCCCCCCC. The van der Waals surface area contributed by atoms with Crippen LogP contribution in [-0.4, -0.2) is 110 Å². The summed E-state index contributed by atoms with van der Waals surface area (Å²) in [7, 11) is 0. The lowest BCUT2D eigenvalue weighted by atomic mass is 9.98. The second-order valence-corrected chi connectivity index (χ2v) is 21.8. The van der Waals surface area contributed by atoms with Crippen molar-refractivity contribution in [3.05, 3.63) is 12.2 Å². The van der Waals surface area contributed by atoms with Gasteiger partial charge in [-0.1, -0.05) is 270 Å². The van der Waals surface area contributed by atoms with Crippen LogP contribution in [0.2, 0.25) is 0 Å². The van der Waals surface area contributed by atoms with Crippen molar-refractivity contribution < 1.29 is 50.0 Å². The van der Waals surface area contributed by atoms with Crippen molar-refractivity contribution in [3.63, 3.8) is 0 Å². The first kappa shape index (κ1) is 67.9. The molecule has 1 heterocycles. The van der Waals surface area contributed by atoms with E-state index in [1.165, 1.54) is 218 Å². The lowest BCUT2D eigenvalue weighted by molar-refractivity contribution is -0.303. The molecule has 0 aliphatic carbocycles. The van der Waals surface area contributed by atoms with Crippen LogP contribution in [0, 0.1) is 0 Å². The molecule has 0 aromatic heterocycles. The number of aliphatic hydroxyl groups excluding tert-OH is 7. The average Bonchev–Trinajstić information content (AvgIpc) is 3.37. The van der Waals surface area contributed by atoms with Gasteiger partial charge in [0.15, 0.2) is 6.29 Å². The van der Waals surface area contributed by atoms with Gasteiger partial charge in [-0.15, -0.1) is 0 Å². The average molecular weight is 1010 g/mol. The van der Waals surface area contributed by atoms with E-state index in [1.807, 2.05) is 0 Å². The highest BCUT2D eigenvalue weighted by molar-refractivity contribution is 5.80. The van der Waals surface area contributed by atoms with Crippen LogP contribution < -0.4 is 5.32 Å². The first-order valence-electron chi connectivity index (χ1n) is 30.6. The number of aliphatic hydroxyl groups is 7. The Morgan fingerprint density at radius 2 is 0.817 bits per heavy atom. The Balaban J connectivity index is 2.27. The summed E-state index contributed by atoms with van der Waals surface area (Å²) in [6.45, 7) is 3.50. The number of carbonyl (C=O) groups is 1. The second kappa shape index (κ2) is 49.7. The molecule has 1 rings (SSSR count). The Morgan fingerprint density at radius 3 is 1.18 bits per heavy atom. The minimum atomic E-state index is -1.66. The summed E-state index contributed by atoms with van der Waals surface area (Å²) < 4.78 is 11.2. The van der Waals surface area contributed by atoms with Crippen LogP contribution in [0.4, 0.5) is 0 Å². The van der Waals surface area contributed by atoms with E-state index in [-0.39, 0.29) is 6.42 Å². The van der Waals surface area contributed by atoms with Crippen LogP contribution >= 0.6 is 0 Å². The zero-order chi connectivity index (χ0) is 51.8. The molecule has 1 aliphatic heterocycles.